The van der Waals surface area contributed by atoms with E-state index in [4.69, 9.17) is 5.73 Å². The molecule has 0 aliphatic carbocycles. The van der Waals surface area contributed by atoms with Gasteiger partial charge < -0.3 is 16.0 Å². The number of allylic oxidation sites excluding steroid dienone is 1. The lowest BCUT2D eigenvalue weighted by Crippen LogP contribution is -2.17. The van der Waals surface area contributed by atoms with E-state index < -0.39 is 0 Å². The van der Waals surface area contributed by atoms with E-state index in [9.17, 15) is 0 Å². The molecule has 1 atom stereocenters. The van der Waals surface area contributed by atoms with Gasteiger partial charge in [0.15, 0.2) is 0 Å². The van der Waals surface area contributed by atoms with Gasteiger partial charge in [0, 0.05) is 49.4 Å². The summed E-state index contributed by atoms with van der Waals surface area (Å²) in [6.07, 6.45) is 4.30. The zero-order valence-corrected chi connectivity index (χ0v) is 19.2. The quantitative estimate of drug-likeness (QED) is 0.581. The topological polar surface area (TPSA) is 84.4 Å². The highest BCUT2D eigenvalue weighted by atomic mass is 15.4. The predicted octanol–water partition coefficient (Wildman–Crippen LogP) is 3.87. The van der Waals surface area contributed by atoms with Gasteiger partial charge in [0.1, 0.15) is 0 Å². The van der Waals surface area contributed by atoms with Crippen molar-refractivity contribution >= 4 is 17.5 Å². The molecule has 0 amide bonds. The van der Waals surface area contributed by atoms with Crippen molar-refractivity contribution in [3.8, 4) is 11.3 Å². The third-order valence-corrected chi connectivity index (χ3v) is 5.83. The van der Waals surface area contributed by atoms with E-state index in [1.54, 1.807) is 19.5 Å². The average Bonchev–Trinajstić information content (AvgIpc) is 3.07. The first-order valence-electron chi connectivity index (χ1n) is 10.9. The number of aromatic nitrogens is 3. The summed E-state index contributed by atoms with van der Waals surface area (Å²) in [6, 6.07) is 15.1. The number of rotatable bonds is 6. The van der Waals surface area contributed by atoms with Crippen LogP contribution in [0.25, 0.3) is 16.8 Å². The monoisotopic (exact) mass is 429 g/mol. The number of anilines is 1. The van der Waals surface area contributed by atoms with Crippen LogP contribution in [0.3, 0.4) is 0 Å². The highest BCUT2D eigenvalue weighted by molar-refractivity contribution is 6.09. The van der Waals surface area contributed by atoms with Crippen molar-refractivity contribution in [3.63, 3.8) is 0 Å². The van der Waals surface area contributed by atoms with Gasteiger partial charge in [0.05, 0.1) is 17.4 Å². The van der Waals surface area contributed by atoms with Crippen molar-refractivity contribution < 1.29 is 0 Å². The van der Waals surface area contributed by atoms with E-state index in [-0.39, 0.29) is 6.04 Å². The molecule has 2 heterocycles. The molecule has 0 radical (unpaired) electrons. The number of hydrogen-bond acceptors (Lipinski definition) is 6. The minimum absolute atomic E-state index is 0.118. The van der Waals surface area contributed by atoms with Crippen LogP contribution >= 0.6 is 0 Å². The lowest BCUT2D eigenvalue weighted by Gasteiger charge is -2.24. The smallest absolute Gasteiger partial charge is 0.0918 e. The Morgan fingerprint density at radius 1 is 1.28 bits per heavy atom. The molecule has 4 rings (SSSR count). The van der Waals surface area contributed by atoms with Crippen LogP contribution in [0.15, 0.2) is 53.7 Å². The van der Waals surface area contributed by atoms with Crippen LogP contribution < -0.4 is 11.1 Å². The van der Waals surface area contributed by atoms with E-state index in [2.05, 4.69) is 82.1 Å². The van der Waals surface area contributed by atoms with Gasteiger partial charge in [0.25, 0.3) is 0 Å². The minimum atomic E-state index is 0.118. The number of fused-ring (bicyclic) bond motifs is 3. The average molecular weight is 430 g/mol. The number of hydrogen-bond donors (Lipinski definition) is 2. The van der Waals surface area contributed by atoms with E-state index >= 15 is 0 Å². The first kappa shape index (κ1) is 21.8. The summed E-state index contributed by atoms with van der Waals surface area (Å²) >= 11 is 0. The van der Waals surface area contributed by atoms with Crippen LogP contribution in [-0.2, 0) is 13.1 Å². The van der Waals surface area contributed by atoms with Crippen LogP contribution in [0, 0.1) is 6.92 Å². The molecule has 0 spiro atoms. The summed E-state index contributed by atoms with van der Waals surface area (Å²) in [4.78, 5) is 6.35. The maximum atomic E-state index is 5.91. The molecule has 1 unspecified atom stereocenters. The molecule has 0 saturated carbocycles. The van der Waals surface area contributed by atoms with Gasteiger partial charge in [-0.05, 0) is 56.3 Å². The molecule has 32 heavy (non-hydrogen) atoms. The Bertz CT molecular complexity index is 1160. The molecule has 0 bridgehead atoms. The van der Waals surface area contributed by atoms with E-state index in [0.29, 0.717) is 0 Å². The van der Waals surface area contributed by atoms with Crippen LogP contribution in [0.4, 0.5) is 5.69 Å². The zero-order chi connectivity index (χ0) is 22.7. The van der Waals surface area contributed by atoms with Crippen molar-refractivity contribution in [2.75, 3.05) is 26.5 Å². The van der Waals surface area contributed by atoms with Gasteiger partial charge >= 0.3 is 0 Å². The second kappa shape index (κ2) is 9.36. The molecule has 0 fully saturated rings. The minimum Gasteiger partial charge on any atom is -0.404 e. The first-order chi connectivity index (χ1) is 15.5. The maximum Gasteiger partial charge on any atom is 0.0918 e. The molecule has 2 aromatic carbocycles. The number of para-hydroxylation sites is 1. The molecular weight excluding hydrogens is 398 g/mol. The van der Waals surface area contributed by atoms with Crippen LogP contribution in [-0.4, -0.2) is 47.3 Å². The second-order valence-corrected chi connectivity index (χ2v) is 8.44. The fraction of sp³-hybridized carbons (Fsp3) is 0.320. The molecule has 7 nitrogen and oxygen atoms in total. The van der Waals surface area contributed by atoms with Gasteiger partial charge in [-0.25, -0.2) is 4.68 Å². The molecule has 1 aromatic heterocycles. The Balaban J connectivity index is 1.81. The van der Waals surface area contributed by atoms with Crippen molar-refractivity contribution in [2.45, 2.75) is 32.5 Å². The molecular formula is C25H31N7. The Morgan fingerprint density at radius 2 is 2.09 bits per heavy atom. The molecule has 0 saturated heterocycles. The van der Waals surface area contributed by atoms with Gasteiger partial charge in [-0.3, -0.25) is 4.99 Å². The lowest BCUT2D eigenvalue weighted by molar-refractivity contribution is 0.403. The van der Waals surface area contributed by atoms with Crippen molar-refractivity contribution in [1.29, 1.82) is 0 Å². The molecule has 3 aromatic rings. The van der Waals surface area contributed by atoms with Crippen LogP contribution in [0.1, 0.15) is 34.8 Å². The largest absolute Gasteiger partial charge is 0.404 e. The maximum absolute atomic E-state index is 5.91. The normalized spacial score (nSPS) is 16.2. The summed E-state index contributed by atoms with van der Waals surface area (Å²) in [5, 5.41) is 12.6. The number of nitrogens with one attached hydrogen (secondary N) is 1. The van der Waals surface area contributed by atoms with E-state index in [1.165, 1.54) is 11.1 Å². The Labute approximate surface area is 189 Å². The fourth-order valence-corrected chi connectivity index (χ4v) is 4.37. The van der Waals surface area contributed by atoms with Crippen molar-refractivity contribution in [3.05, 3.63) is 71.0 Å². The first-order valence-corrected chi connectivity index (χ1v) is 10.9. The Kier molecular flexibility index (Phi) is 6.37. The molecule has 3 N–H and O–H groups in total. The van der Waals surface area contributed by atoms with Crippen LogP contribution in [0.5, 0.6) is 0 Å². The third kappa shape index (κ3) is 4.29. The summed E-state index contributed by atoms with van der Waals surface area (Å²) in [5.41, 5.74) is 14.7. The van der Waals surface area contributed by atoms with Gasteiger partial charge in [0.2, 0.25) is 0 Å². The third-order valence-electron chi connectivity index (χ3n) is 5.83. The SMILES string of the molecule is CN=CC(=CN)c1ccc2c(c1)C(Nc1ccccc1CN(C)C)CCn1nnc(C)c1-2. The number of benzene rings is 2. The van der Waals surface area contributed by atoms with Gasteiger partial charge in [-0.2, -0.15) is 0 Å². The summed E-state index contributed by atoms with van der Waals surface area (Å²) in [6.45, 7) is 3.69. The molecule has 1 aliphatic rings. The van der Waals surface area contributed by atoms with Crippen LogP contribution in [0.2, 0.25) is 0 Å². The number of aliphatic imine (C=N–C) groups is 1. The molecule has 166 valence electrons. The zero-order valence-electron chi connectivity index (χ0n) is 19.2. The number of aryl methyl sites for hydroxylation is 2. The highest BCUT2D eigenvalue weighted by Crippen LogP contribution is 2.38. The summed E-state index contributed by atoms with van der Waals surface area (Å²) in [7, 11) is 5.94. The summed E-state index contributed by atoms with van der Waals surface area (Å²) < 4.78 is 2.02. The van der Waals surface area contributed by atoms with Crippen molar-refractivity contribution in [2.24, 2.45) is 10.7 Å². The van der Waals surface area contributed by atoms with Crippen molar-refractivity contribution in [1.82, 2.24) is 19.9 Å². The summed E-state index contributed by atoms with van der Waals surface area (Å²) in [5.74, 6) is 0. The predicted molar refractivity (Wildman–Crippen MR) is 132 cm³/mol. The number of nitrogens with zero attached hydrogens (tertiary/aromatic N) is 5. The highest BCUT2D eigenvalue weighted by Gasteiger charge is 2.26. The lowest BCUT2D eigenvalue weighted by atomic mass is 9.92. The van der Waals surface area contributed by atoms with Gasteiger partial charge in [-0.15, -0.1) is 5.10 Å². The van der Waals surface area contributed by atoms with E-state index in [1.807, 2.05) is 11.6 Å². The van der Waals surface area contributed by atoms with E-state index in [0.717, 1.165) is 53.3 Å². The fourth-order valence-electron chi connectivity index (χ4n) is 4.37. The Morgan fingerprint density at radius 3 is 2.84 bits per heavy atom. The standard InChI is InChI=1S/C25H31N7/c1-17-25-21-10-9-18(20(14-26)15-27-2)13-22(21)24(11-12-32(25)30-29-17)28-23-8-6-5-7-19(23)16-31(3)4/h5-10,13-15,24,28H,11-12,16,26H2,1-4H3. The van der Waals surface area contributed by atoms with Gasteiger partial charge in [-0.1, -0.05) is 35.5 Å². The number of nitrogens with two attached hydrogens (primary N) is 1. The Hall–Kier alpha value is -3.45. The molecule has 7 heteroatoms. The second-order valence-electron chi connectivity index (χ2n) is 8.44. The molecule has 1 aliphatic heterocycles.